The summed E-state index contributed by atoms with van der Waals surface area (Å²) in [5.41, 5.74) is 0. The van der Waals surface area contributed by atoms with E-state index in [2.05, 4.69) is 0 Å². The van der Waals surface area contributed by atoms with E-state index in [-0.39, 0.29) is 18.3 Å². The standard InChI is InChI=1S/C9H21BO3.BH3O3/c1-7(2)11-10(12-8(3)4)13-9(5)6;2-1(3)4/h7-9H,1-6H3;2-4H. The third-order valence-electron chi connectivity index (χ3n) is 1.15. The van der Waals surface area contributed by atoms with Crippen LogP contribution in [0.4, 0.5) is 0 Å². The van der Waals surface area contributed by atoms with Crippen LogP contribution in [-0.2, 0) is 14.0 Å². The van der Waals surface area contributed by atoms with Gasteiger partial charge in [-0.15, -0.1) is 0 Å². The zero-order chi connectivity index (χ0) is 14.0. The molecule has 8 heteroatoms. The van der Waals surface area contributed by atoms with E-state index >= 15 is 0 Å². The largest absolute Gasteiger partial charge is 0.639 e. The van der Waals surface area contributed by atoms with Crippen molar-refractivity contribution in [2.75, 3.05) is 0 Å². The van der Waals surface area contributed by atoms with Crippen molar-refractivity contribution < 1.29 is 29.0 Å². The molecule has 0 aromatic heterocycles. The lowest BCUT2D eigenvalue weighted by Crippen LogP contribution is -2.34. The van der Waals surface area contributed by atoms with Crippen LogP contribution in [0, 0.1) is 0 Å². The Morgan fingerprint density at radius 3 is 0.941 bits per heavy atom. The molecule has 0 rings (SSSR count). The highest BCUT2D eigenvalue weighted by molar-refractivity contribution is 6.36. The van der Waals surface area contributed by atoms with Crippen LogP contribution in [0.25, 0.3) is 0 Å². The summed E-state index contributed by atoms with van der Waals surface area (Å²) in [5.74, 6) is 0. The van der Waals surface area contributed by atoms with Crippen LogP contribution in [0.2, 0.25) is 0 Å². The van der Waals surface area contributed by atoms with Crippen molar-refractivity contribution in [2.24, 2.45) is 0 Å². The van der Waals surface area contributed by atoms with E-state index in [1.165, 1.54) is 0 Å². The summed E-state index contributed by atoms with van der Waals surface area (Å²) in [5, 5.41) is 21.5. The van der Waals surface area contributed by atoms with Gasteiger partial charge in [0.15, 0.2) is 0 Å². The Bertz CT molecular complexity index is 139. The second-order valence-electron chi connectivity index (χ2n) is 4.19. The van der Waals surface area contributed by atoms with E-state index in [1.807, 2.05) is 41.5 Å². The summed E-state index contributed by atoms with van der Waals surface area (Å²) >= 11 is 0. The molecule has 0 atom stereocenters. The SMILES string of the molecule is CC(C)OB(OC(C)C)OC(C)C.OB(O)O. The molecule has 0 aliphatic rings. The van der Waals surface area contributed by atoms with Crippen LogP contribution in [0.15, 0.2) is 0 Å². The van der Waals surface area contributed by atoms with Gasteiger partial charge in [0.1, 0.15) is 0 Å². The molecule has 17 heavy (non-hydrogen) atoms. The first kappa shape index (κ1) is 19.2. The maximum absolute atomic E-state index is 7.17. The Morgan fingerprint density at radius 2 is 0.824 bits per heavy atom. The summed E-state index contributed by atoms with van der Waals surface area (Å²) in [6.45, 7) is 11.8. The van der Waals surface area contributed by atoms with Gasteiger partial charge in [0.25, 0.3) is 0 Å². The monoisotopic (exact) mass is 250 g/mol. The molecule has 0 amide bonds. The van der Waals surface area contributed by atoms with Gasteiger partial charge in [-0.2, -0.15) is 0 Å². The zero-order valence-corrected chi connectivity index (χ0v) is 11.5. The molecule has 0 aromatic rings. The number of hydrogen-bond acceptors (Lipinski definition) is 6. The minimum Gasteiger partial charge on any atom is -0.402 e. The van der Waals surface area contributed by atoms with Gasteiger partial charge in [0, 0.05) is 18.3 Å². The van der Waals surface area contributed by atoms with E-state index in [1.54, 1.807) is 0 Å². The molecule has 0 bridgehead atoms. The molecular weight excluding hydrogens is 226 g/mol. The predicted molar refractivity (Wildman–Crippen MR) is 66.8 cm³/mol. The van der Waals surface area contributed by atoms with Crippen molar-refractivity contribution in [1.29, 1.82) is 0 Å². The van der Waals surface area contributed by atoms with Gasteiger partial charge in [0.05, 0.1) is 0 Å². The van der Waals surface area contributed by atoms with Crippen LogP contribution in [0.5, 0.6) is 0 Å². The average molecular weight is 250 g/mol. The Kier molecular flexibility index (Phi) is 12.5. The fourth-order valence-corrected chi connectivity index (χ4v) is 0.763. The van der Waals surface area contributed by atoms with E-state index < -0.39 is 14.6 Å². The second-order valence-corrected chi connectivity index (χ2v) is 4.19. The van der Waals surface area contributed by atoms with E-state index in [0.29, 0.717) is 0 Å². The van der Waals surface area contributed by atoms with Gasteiger partial charge in [-0.3, -0.25) is 0 Å². The molecule has 0 radical (unpaired) electrons. The lowest BCUT2D eigenvalue weighted by molar-refractivity contribution is 0.0335. The summed E-state index contributed by atoms with van der Waals surface area (Å²) < 4.78 is 16.3. The van der Waals surface area contributed by atoms with Crippen molar-refractivity contribution in [1.82, 2.24) is 0 Å². The molecule has 0 aromatic carbocycles. The molecule has 0 aliphatic carbocycles. The van der Waals surface area contributed by atoms with Crippen LogP contribution < -0.4 is 0 Å². The molecule has 6 nitrogen and oxygen atoms in total. The summed E-state index contributed by atoms with van der Waals surface area (Å²) in [7, 11) is -2.71. The van der Waals surface area contributed by atoms with Crippen LogP contribution >= 0.6 is 0 Å². The highest BCUT2D eigenvalue weighted by atomic mass is 16.7. The van der Waals surface area contributed by atoms with Gasteiger partial charge in [-0.25, -0.2) is 0 Å². The van der Waals surface area contributed by atoms with E-state index in [4.69, 9.17) is 29.0 Å². The van der Waals surface area contributed by atoms with E-state index in [0.717, 1.165) is 0 Å². The minimum atomic E-state index is -2.17. The summed E-state index contributed by atoms with van der Waals surface area (Å²) in [6, 6.07) is 0. The lowest BCUT2D eigenvalue weighted by atomic mass is 10.2. The van der Waals surface area contributed by atoms with Gasteiger partial charge >= 0.3 is 14.6 Å². The molecular formula is C9H24B2O6. The smallest absolute Gasteiger partial charge is 0.402 e. The molecule has 0 fully saturated rings. The maximum Gasteiger partial charge on any atom is 0.639 e. The minimum absolute atomic E-state index is 0.113. The fourth-order valence-electron chi connectivity index (χ4n) is 0.763. The maximum atomic E-state index is 7.17. The third-order valence-corrected chi connectivity index (χ3v) is 1.15. The molecule has 0 saturated heterocycles. The summed E-state index contributed by atoms with van der Waals surface area (Å²) in [6.07, 6.45) is 0.340. The first-order valence-electron chi connectivity index (χ1n) is 5.65. The third kappa shape index (κ3) is 21.7. The fraction of sp³-hybridized carbons (Fsp3) is 1.00. The molecule has 3 N–H and O–H groups in total. The Balaban J connectivity index is 0. The normalized spacial score (nSPS) is 10.6. The Morgan fingerprint density at radius 1 is 0.647 bits per heavy atom. The second kappa shape index (κ2) is 11.0. The van der Waals surface area contributed by atoms with Gasteiger partial charge in [-0.05, 0) is 41.5 Å². The number of rotatable bonds is 6. The number of hydrogen-bond donors (Lipinski definition) is 3. The van der Waals surface area contributed by atoms with Crippen LogP contribution in [0.1, 0.15) is 41.5 Å². The van der Waals surface area contributed by atoms with Crippen molar-refractivity contribution >= 4 is 14.6 Å². The molecule has 0 aliphatic heterocycles. The van der Waals surface area contributed by atoms with Crippen molar-refractivity contribution in [3.8, 4) is 0 Å². The Hall–Kier alpha value is -0.110. The highest BCUT2D eigenvalue weighted by Crippen LogP contribution is 2.04. The first-order valence-corrected chi connectivity index (χ1v) is 5.65. The molecule has 0 heterocycles. The van der Waals surface area contributed by atoms with Gasteiger partial charge in [-0.1, -0.05) is 0 Å². The topological polar surface area (TPSA) is 88.4 Å². The molecule has 0 saturated carbocycles. The van der Waals surface area contributed by atoms with E-state index in [9.17, 15) is 0 Å². The highest BCUT2D eigenvalue weighted by Gasteiger charge is 2.25. The zero-order valence-electron chi connectivity index (χ0n) is 11.5. The average Bonchev–Trinajstić information content (AvgIpc) is 1.96. The van der Waals surface area contributed by atoms with Gasteiger partial charge < -0.3 is 29.0 Å². The molecule has 0 unspecified atom stereocenters. The Labute approximate surface area is 104 Å². The lowest BCUT2D eigenvalue weighted by Gasteiger charge is -2.20. The first-order chi connectivity index (χ1) is 7.65. The van der Waals surface area contributed by atoms with Crippen molar-refractivity contribution in [2.45, 2.75) is 59.9 Å². The molecule has 102 valence electrons. The van der Waals surface area contributed by atoms with Crippen LogP contribution in [0.3, 0.4) is 0 Å². The van der Waals surface area contributed by atoms with Crippen LogP contribution in [-0.4, -0.2) is 48.0 Å². The van der Waals surface area contributed by atoms with Crippen molar-refractivity contribution in [3.63, 3.8) is 0 Å². The van der Waals surface area contributed by atoms with Crippen molar-refractivity contribution in [3.05, 3.63) is 0 Å². The van der Waals surface area contributed by atoms with Gasteiger partial charge in [0.2, 0.25) is 0 Å². The quantitative estimate of drug-likeness (QED) is 0.583. The predicted octanol–water partition coefficient (Wildman–Crippen LogP) is 0.195. The molecule has 0 spiro atoms. The summed E-state index contributed by atoms with van der Waals surface area (Å²) in [4.78, 5) is 0.